The summed E-state index contributed by atoms with van der Waals surface area (Å²) in [5, 5.41) is 7.87. The Hall–Kier alpha value is -1.78. The van der Waals surface area contributed by atoms with E-state index in [1.165, 1.54) is 17.1 Å². The summed E-state index contributed by atoms with van der Waals surface area (Å²) in [5.74, 6) is -0.380. The van der Waals surface area contributed by atoms with Gasteiger partial charge in [-0.3, -0.25) is 4.98 Å². The van der Waals surface area contributed by atoms with Crippen LogP contribution in [0.2, 0.25) is 0 Å². The zero-order chi connectivity index (χ0) is 9.97. The summed E-state index contributed by atoms with van der Waals surface area (Å²) < 4.78 is 12.9. The molecule has 2 rings (SSSR count). The normalized spacial score (nSPS) is 10.4. The number of rotatable bonds is 2. The predicted octanol–water partition coefficient (Wildman–Crippen LogP) is 1.36. The molecular formula is C9H9FN4. The van der Waals surface area contributed by atoms with Crippen molar-refractivity contribution < 1.29 is 4.39 Å². The van der Waals surface area contributed by atoms with Crippen LogP contribution in [0.25, 0.3) is 5.69 Å². The average molecular weight is 192 g/mol. The first kappa shape index (κ1) is 8.80. The number of hydrogen-bond donors (Lipinski definition) is 0. The fraction of sp³-hybridized carbons (Fsp3) is 0.222. The zero-order valence-electron chi connectivity index (χ0n) is 7.68. The number of pyridine rings is 1. The van der Waals surface area contributed by atoms with Crippen LogP contribution in [0.5, 0.6) is 0 Å². The zero-order valence-corrected chi connectivity index (χ0v) is 7.68. The Kier molecular flexibility index (Phi) is 2.22. The second kappa shape index (κ2) is 3.53. The van der Waals surface area contributed by atoms with Crippen molar-refractivity contribution in [1.82, 2.24) is 20.0 Å². The third-order valence-electron chi connectivity index (χ3n) is 1.88. The molecule has 0 aromatic carbocycles. The topological polar surface area (TPSA) is 43.6 Å². The van der Waals surface area contributed by atoms with Crippen molar-refractivity contribution >= 4 is 0 Å². The maximum absolute atomic E-state index is 12.9. The number of aromatic nitrogens is 4. The monoisotopic (exact) mass is 192 g/mol. The molecule has 0 saturated heterocycles. The van der Waals surface area contributed by atoms with Gasteiger partial charge in [0.05, 0.1) is 24.3 Å². The number of hydrogen-bond acceptors (Lipinski definition) is 3. The highest BCUT2D eigenvalue weighted by molar-refractivity contribution is 5.34. The van der Waals surface area contributed by atoms with Crippen LogP contribution in [0.4, 0.5) is 4.39 Å². The maximum atomic E-state index is 12.9. The smallest absolute Gasteiger partial charge is 0.143 e. The van der Waals surface area contributed by atoms with Gasteiger partial charge in [-0.15, -0.1) is 4.80 Å². The fourth-order valence-electron chi connectivity index (χ4n) is 1.24. The largest absolute Gasteiger partial charge is 0.256 e. The molecule has 0 atom stereocenters. The lowest BCUT2D eigenvalue weighted by molar-refractivity contribution is 0.611. The minimum absolute atomic E-state index is 0.380. The summed E-state index contributed by atoms with van der Waals surface area (Å²) in [6.45, 7) is 1.95. The second-order valence-corrected chi connectivity index (χ2v) is 2.79. The van der Waals surface area contributed by atoms with Gasteiger partial charge in [-0.1, -0.05) is 6.92 Å². The Balaban J connectivity index is 2.55. The molecule has 0 fully saturated rings. The highest BCUT2D eigenvalue weighted by atomic mass is 19.1. The molecule has 0 aliphatic heterocycles. The van der Waals surface area contributed by atoms with Gasteiger partial charge in [0.2, 0.25) is 0 Å². The molecule has 0 aliphatic carbocycles. The van der Waals surface area contributed by atoms with Gasteiger partial charge in [-0.25, -0.2) is 4.39 Å². The first-order chi connectivity index (χ1) is 6.81. The fourth-order valence-corrected chi connectivity index (χ4v) is 1.24. The van der Waals surface area contributed by atoms with Gasteiger partial charge < -0.3 is 0 Å². The minimum Gasteiger partial charge on any atom is -0.256 e. The molecule has 0 radical (unpaired) electrons. The first-order valence-electron chi connectivity index (χ1n) is 4.32. The summed E-state index contributed by atoms with van der Waals surface area (Å²) in [6, 6.07) is 1.38. The van der Waals surface area contributed by atoms with Crippen molar-refractivity contribution in [3.63, 3.8) is 0 Å². The van der Waals surface area contributed by atoms with Crippen molar-refractivity contribution in [1.29, 1.82) is 0 Å². The molecule has 4 nitrogen and oxygen atoms in total. The molecule has 0 unspecified atom stereocenters. The van der Waals surface area contributed by atoms with Crippen molar-refractivity contribution in [2.75, 3.05) is 0 Å². The van der Waals surface area contributed by atoms with Gasteiger partial charge in [-0.2, -0.15) is 10.2 Å². The lowest BCUT2D eigenvalue weighted by Crippen LogP contribution is -2.05. The summed E-state index contributed by atoms with van der Waals surface area (Å²) in [6.07, 6.45) is 5.01. The van der Waals surface area contributed by atoms with Crippen LogP contribution in [0.15, 0.2) is 24.7 Å². The van der Waals surface area contributed by atoms with E-state index in [4.69, 9.17) is 0 Å². The van der Waals surface area contributed by atoms with Gasteiger partial charge in [0.15, 0.2) is 0 Å². The minimum atomic E-state index is -0.380. The molecule has 5 heteroatoms. The van der Waals surface area contributed by atoms with Gasteiger partial charge in [0.25, 0.3) is 0 Å². The van der Waals surface area contributed by atoms with Crippen molar-refractivity contribution in [3.05, 3.63) is 36.2 Å². The van der Waals surface area contributed by atoms with Crippen LogP contribution in [0.1, 0.15) is 12.6 Å². The highest BCUT2D eigenvalue weighted by Gasteiger charge is 2.07. The van der Waals surface area contributed by atoms with Crippen molar-refractivity contribution in [2.45, 2.75) is 13.3 Å². The van der Waals surface area contributed by atoms with Crippen LogP contribution >= 0.6 is 0 Å². The van der Waals surface area contributed by atoms with E-state index in [0.717, 1.165) is 12.1 Å². The maximum Gasteiger partial charge on any atom is 0.143 e. The standard InChI is InChI=1S/C9H9FN4/c1-2-8-9(5-7(10)6-11-8)14-12-3-4-13-14/h3-6H,2H2,1H3. The summed E-state index contributed by atoms with van der Waals surface area (Å²) in [5.41, 5.74) is 1.38. The van der Waals surface area contributed by atoms with E-state index in [1.807, 2.05) is 6.92 Å². The van der Waals surface area contributed by atoms with Crippen LogP contribution in [0.3, 0.4) is 0 Å². The van der Waals surface area contributed by atoms with Gasteiger partial charge in [0, 0.05) is 6.07 Å². The lowest BCUT2D eigenvalue weighted by Gasteiger charge is -2.04. The number of nitrogens with zero attached hydrogens (tertiary/aromatic N) is 4. The molecule has 2 aromatic heterocycles. The molecule has 0 spiro atoms. The summed E-state index contributed by atoms with van der Waals surface area (Å²) in [4.78, 5) is 5.35. The van der Waals surface area contributed by atoms with Gasteiger partial charge >= 0.3 is 0 Å². The van der Waals surface area contributed by atoms with E-state index in [9.17, 15) is 4.39 Å². The van der Waals surface area contributed by atoms with Crippen LogP contribution < -0.4 is 0 Å². The Morgan fingerprint density at radius 2 is 2.07 bits per heavy atom. The molecule has 0 saturated carbocycles. The van der Waals surface area contributed by atoms with E-state index in [1.54, 1.807) is 12.4 Å². The average Bonchev–Trinajstić information content (AvgIpc) is 2.70. The van der Waals surface area contributed by atoms with E-state index >= 15 is 0 Å². The Morgan fingerprint density at radius 3 is 2.71 bits per heavy atom. The van der Waals surface area contributed by atoms with E-state index in [2.05, 4.69) is 15.2 Å². The van der Waals surface area contributed by atoms with Crippen molar-refractivity contribution in [3.8, 4) is 5.69 Å². The molecule has 72 valence electrons. The predicted molar refractivity (Wildman–Crippen MR) is 48.5 cm³/mol. The highest BCUT2D eigenvalue weighted by Crippen LogP contribution is 2.11. The van der Waals surface area contributed by atoms with E-state index < -0.39 is 0 Å². The van der Waals surface area contributed by atoms with Crippen LogP contribution in [-0.2, 0) is 6.42 Å². The van der Waals surface area contributed by atoms with E-state index in [-0.39, 0.29) is 5.82 Å². The third kappa shape index (κ3) is 1.48. The second-order valence-electron chi connectivity index (χ2n) is 2.79. The van der Waals surface area contributed by atoms with E-state index in [0.29, 0.717) is 5.69 Å². The third-order valence-corrected chi connectivity index (χ3v) is 1.88. The Morgan fingerprint density at radius 1 is 1.36 bits per heavy atom. The van der Waals surface area contributed by atoms with Crippen molar-refractivity contribution in [2.24, 2.45) is 0 Å². The molecule has 0 amide bonds. The molecule has 0 aliphatic rings. The lowest BCUT2D eigenvalue weighted by atomic mass is 10.2. The Bertz CT molecular complexity index is 424. The molecule has 2 heterocycles. The molecule has 14 heavy (non-hydrogen) atoms. The molecule has 2 aromatic rings. The molecule has 0 bridgehead atoms. The Labute approximate surface area is 80.4 Å². The molecular weight excluding hydrogens is 183 g/mol. The van der Waals surface area contributed by atoms with Crippen LogP contribution in [0, 0.1) is 5.82 Å². The first-order valence-corrected chi connectivity index (χ1v) is 4.32. The quantitative estimate of drug-likeness (QED) is 0.721. The van der Waals surface area contributed by atoms with Crippen LogP contribution in [-0.4, -0.2) is 20.0 Å². The number of aryl methyl sites for hydroxylation is 1. The van der Waals surface area contributed by atoms with Gasteiger partial charge in [0.1, 0.15) is 11.5 Å². The number of halogens is 1. The SMILES string of the molecule is CCc1ncc(F)cc1-n1nccn1. The van der Waals surface area contributed by atoms with Gasteiger partial charge in [-0.05, 0) is 6.42 Å². The summed E-state index contributed by atoms with van der Waals surface area (Å²) in [7, 11) is 0. The summed E-state index contributed by atoms with van der Waals surface area (Å²) >= 11 is 0. The molecule has 0 N–H and O–H groups in total.